The van der Waals surface area contributed by atoms with Gasteiger partial charge in [0.05, 0.1) is 12.3 Å². The van der Waals surface area contributed by atoms with Gasteiger partial charge in [0.1, 0.15) is 29.6 Å². The topological polar surface area (TPSA) is 132 Å². The fourth-order valence-corrected chi connectivity index (χ4v) is 4.09. The Morgan fingerprint density at radius 1 is 1.42 bits per heavy atom. The van der Waals surface area contributed by atoms with Gasteiger partial charge in [-0.3, -0.25) is 4.79 Å². The summed E-state index contributed by atoms with van der Waals surface area (Å²) >= 11 is 3.34. The fourth-order valence-electron chi connectivity index (χ4n) is 3.73. The molecule has 2 heterocycles. The number of ether oxygens (including phenoxy) is 3. The molecule has 0 bridgehead atoms. The number of carbonyl (C=O) groups excluding carboxylic acids is 3. The molecule has 10 heteroatoms. The van der Waals surface area contributed by atoms with Crippen molar-refractivity contribution in [1.29, 1.82) is 5.26 Å². The van der Waals surface area contributed by atoms with Crippen molar-refractivity contribution in [1.82, 2.24) is 0 Å². The SMILES string of the molecule is C=CCOC(=O)C1=C(C)OC(N)=C(C#N)C12C(=O)N(C(=O)OCC)c1ccc(Br)cc12. The smallest absolute Gasteiger partial charge is 0.421 e. The summed E-state index contributed by atoms with van der Waals surface area (Å²) < 4.78 is 16.2. The average molecular weight is 488 g/mol. The van der Waals surface area contributed by atoms with Crippen LogP contribution in [-0.4, -0.2) is 31.2 Å². The molecule has 2 aliphatic rings. The van der Waals surface area contributed by atoms with Crippen LogP contribution < -0.4 is 10.6 Å². The maximum Gasteiger partial charge on any atom is 0.421 e. The molecule has 0 fully saturated rings. The minimum absolute atomic E-state index is 0.0107. The standard InChI is InChI=1S/C21H18BrN3O6/c1-4-8-30-18(26)16-11(3)31-17(24)14(10-23)21(16)13-9-12(22)6-7-15(13)25(19(21)27)20(28)29-5-2/h4,6-7,9H,1,5,8,24H2,2-3H3. The predicted molar refractivity (Wildman–Crippen MR) is 112 cm³/mol. The summed E-state index contributed by atoms with van der Waals surface area (Å²) in [6, 6.07) is 6.54. The van der Waals surface area contributed by atoms with Crippen molar-refractivity contribution in [3.05, 3.63) is 63.7 Å². The summed E-state index contributed by atoms with van der Waals surface area (Å²) in [5, 5.41) is 9.93. The first-order valence-corrected chi connectivity index (χ1v) is 9.93. The molecule has 1 aromatic rings. The molecule has 1 unspecified atom stereocenters. The molecule has 1 aromatic carbocycles. The van der Waals surface area contributed by atoms with Crippen LogP contribution in [0, 0.1) is 11.3 Å². The summed E-state index contributed by atoms with van der Waals surface area (Å²) in [7, 11) is 0. The minimum Gasteiger partial charge on any atom is -0.458 e. The van der Waals surface area contributed by atoms with Crippen molar-refractivity contribution in [3.8, 4) is 6.07 Å². The first-order valence-electron chi connectivity index (χ1n) is 9.14. The normalized spacial score (nSPS) is 19.7. The van der Waals surface area contributed by atoms with E-state index < -0.39 is 23.4 Å². The van der Waals surface area contributed by atoms with Crippen molar-refractivity contribution in [3.63, 3.8) is 0 Å². The van der Waals surface area contributed by atoms with E-state index in [2.05, 4.69) is 22.5 Å². The number of hydrogen-bond acceptors (Lipinski definition) is 8. The Bertz CT molecular complexity index is 1120. The summed E-state index contributed by atoms with van der Waals surface area (Å²) in [5.74, 6) is -2.20. The van der Waals surface area contributed by atoms with Gasteiger partial charge in [-0.1, -0.05) is 28.6 Å². The maximum atomic E-state index is 13.9. The first-order chi connectivity index (χ1) is 14.7. The van der Waals surface area contributed by atoms with Crippen LogP contribution in [0.3, 0.4) is 0 Å². The molecule has 31 heavy (non-hydrogen) atoms. The van der Waals surface area contributed by atoms with E-state index in [1.54, 1.807) is 13.0 Å². The Balaban J connectivity index is 2.41. The van der Waals surface area contributed by atoms with E-state index in [1.807, 2.05) is 6.07 Å². The molecule has 1 spiro atoms. The van der Waals surface area contributed by atoms with Gasteiger partial charge >= 0.3 is 12.1 Å². The number of amides is 2. The van der Waals surface area contributed by atoms with Gasteiger partial charge < -0.3 is 19.9 Å². The summed E-state index contributed by atoms with van der Waals surface area (Å²) in [4.78, 5) is 40.4. The molecule has 3 rings (SSSR count). The number of anilines is 1. The number of rotatable bonds is 4. The monoisotopic (exact) mass is 487 g/mol. The van der Waals surface area contributed by atoms with E-state index >= 15 is 0 Å². The molecule has 9 nitrogen and oxygen atoms in total. The molecule has 0 saturated carbocycles. The first kappa shape index (κ1) is 22.1. The number of hydrogen-bond donors (Lipinski definition) is 1. The molecule has 0 saturated heterocycles. The number of allylic oxidation sites excluding steroid dienone is 1. The summed E-state index contributed by atoms with van der Waals surface area (Å²) in [5.41, 5.74) is 3.67. The van der Waals surface area contributed by atoms with E-state index in [0.29, 0.717) is 4.47 Å². The Morgan fingerprint density at radius 2 is 2.13 bits per heavy atom. The molecule has 1 atom stereocenters. The van der Waals surface area contributed by atoms with Crippen molar-refractivity contribution in [2.75, 3.05) is 18.1 Å². The largest absolute Gasteiger partial charge is 0.458 e. The van der Waals surface area contributed by atoms with Gasteiger partial charge in [-0.05, 0) is 32.0 Å². The van der Waals surface area contributed by atoms with Crippen LogP contribution in [0.5, 0.6) is 0 Å². The number of nitriles is 1. The zero-order valence-electron chi connectivity index (χ0n) is 16.7. The van der Waals surface area contributed by atoms with Gasteiger partial charge in [0.25, 0.3) is 5.91 Å². The van der Waals surface area contributed by atoms with Crippen LogP contribution in [0.15, 0.2) is 58.1 Å². The van der Waals surface area contributed by atoms with Gasteiger partial charge in [-0.15, -0.1) is 0 Å². The number of fused-ring (bicyclic) bond motifs is 2. The third-order valence-electron chi connectivity index (χ3n) is 4.84. The molecule has 2 N–H and O–H groups in total. The van der Waals surface area contributed by atoms with Gasteiger partial charge in [-0.25, -0.2) is 14.5 Å². The van der Waals surface area contributed by atoms with Crippen LogP contribution in [-0.2, 0) is 29.2 Å². The highest BCUT2D eigenvalue weighted by atomic mass is 79.9. The van der Waals surface area contributed by atoms with Crippen molar-refractivity contribution in [2.24, 2.45) is 5.73 Å². The summed E-state index contributed by atoms with van der Waals surface area (Å²) in [6.45, 7) is 6.38. The second kappa shape index (κ2) is 8.28. The van der Waals surface area contributed by atoms with Crippen LogP contribution in [0.25, 0.3) is 0 Å². The number of halogens is 1. The van der Waals surface area contributed by atoms with Crippen molar-refractivity contribution >= 4 is 39.6 Å². The molecule has 2 aliphatic heterocycles. The van der Waals surface area contributed by atoms with E-state index in [-0.39, 0.29) is 47.3 Å². The zero-order chi connectivity index (χ0) is 22.9. The van der Waals surface area contributed by atoms with Crippen LogP contribution in [0.4, 0.5) is 10.5 Å². The number of nitrogens with zero attached hydrogens (tertiary/aromatic N) is 2. The third-order valence-corrected chi connectivity index (χ3v) is 5.33. The fraction of sp³-hybridized carbons (Fsp3) is 0.238. The molecule has 2 amide bonds. The molecular formula is C21H18BrN3O6. The second-order valence-corrected chi connectivity index (χ2v) is 7.44. The second-order valence-electron chi connectivity index (χ2n) is 6.52. The van der Waals surface area contributed by atoms with Gasteiger partial charge in [0.15, 0.2) is 5.41 Å². The van der Waals surface area contributed by atoms with E-state index in [9.17, 15) is 19.6 Å². The highest BCUT2D eigenvalue weighted by molar-refractivity contribution is 9.10. The molecule has 0 aromatic heterocycles. The Kier molecular flexibility index (Phi) is 5.90. The number of carbonyl (C=O) groups is 3. The van der Waals surface area contributed by atoms with E-state index in [0.717, 1.165) is 4.90 Å². The van der Waals surface area contributed by atoms with Gasteiger partial charge in [-0.2, -0.15) is 5.26 Å². The zero-order valence-corrected chi connectivity index (χ0v) is 18.3. The highest BCUT2D eigenvalue weighted by Gasteiger charge is 2.63. The van der Waals surface area contributed by atoms with Crippen LogP contribution in [0.2, 0.25) is 0 Å². The van der Waals surface area contributed by atoms with Crippen LogP contribution >= 0.6 is 15.9 Å². The number of imide groups is 1. The van der Waals surface area contributed by atoms with Crippen molar-refractivity contribution < 1.29 is 28.6 Å². The van der Waals surface area contributed by atoms with Gasteiger partial charge in [0.2, 0.25) is 5.88 Å². The predicted octanol–water partition coefficient (Wildman–Crippen LogP) is 2.92. The Morgan fingerprint density at radius 3 is 2.74 bits per heavy atom. The number of nitrogens with two attached hydrogens (primary N) is 1. The number of esters is 1. The average Bonchev–Trinajstić information content (AvgIpc) is 2.95. The lowest BCUT2D eigenvalue weighted by Gasteiger charge is -2.34. The van der Waals surface area contributed by atoms with Crippen LogP contribution in [0.1, 0.15) is 19.4 Å². The number of benzene rings is 1. The maximum absolute atomic E-state index is 13.9. The van der Waals surface area contributed by atoms with Crippen molar-refractivity contribution in [2.45, 2.75) is 19.3 Å². The molecule has 0 radical (unpaired) electrons. The highest BCUT2D eigenvalue weighted by Crippen LogP contribution is 2.54. The Labute approximate surface area is 186 Å². The molecule has 0 aliphatic carbocycles. The lowest BCUT2D eigenvalue weighted by molar-refractivity contribution is -0.140. The quantitative estimate of drug-likeness (QED) is 0.506. The third kappa shape index (κ3) is 3.18. The lowest BCUT2D eigenvalue weighted by atomic mass is 9.68. The molecule has 160 valence electrons. The lowest BCUT2D eigenvalue weighted by Crippen LogP contribution is -2.50. The van der Waals surface area contributed by atoms with Gasteiger partial charge in [0, 0.05) is 10.0 Å². The Hall–Kier alpha value is -3.58. The minimum atomic E-state index is -2.05. The van der Waals surface area contributed by atoms with E-state index in [1.165, 1.54) is 25.1 Å². The molecular weight excluding hydrogens is 470 g/mol. The summed E-state index contributed by atoms with van der Waals surface area (Å²) in [6.07, 6.45) is 0.401. The van der Waals surface area contributed by atoms with E-state index in [4.69, 9.17) is 19.9 Å².